The molecule has 3 nitrogen and oxygen atoms in total. The molecule has 2 aromatic rings. The lowest BCUT2D eigenvalue weighted by molar-refractivity contribution is -0.121. The minimum atomic E-state index is 0.0699. The van der Waals surface area contributed by atoms with Crippen LogP contribution in [0.5, 0.6) is 0 Å². The van der Waals surface area contributed by atoms with Gasteiger partial charge in [0, 0.05) is 23.6 Å². The third kappa shape index (κ3) is 1.54. The molecule has 1 aromatic heterocycles. The average Bonchev–Trinajstić information content (AvgIpc) is 2.93. The molecule has 1 aromatic carbocycles. The Bertz CT molecular complexity index is 583. The summed E-state index contributed by atoms with van der Waals surface area (Å²) in [4.78, 5) is 11.6. The molecule has 0 unspecified atom stereocenters. The molecule has 0 aliphatic heterocycles. The number of para-hydroxylation sites is 1. The predicted octanol–water partition coefficient (Wildman–Crippen LogP) is 1.88. The zero-order valence-corrected chi connectivity index (χ0v) is 9.99. The molecule has 88 valence electrons. The van der Waals surface area contributed by atoms with E-state index >= 15 is 0 Å². The van der Waals surface area contributed by atoms with Gasteiger partial charge in [-0.15, -0.1) is 0 Å². The number of carbonyl (C=O) groups excluding carboxylic acids is 1. The van der Waals surface area contributed by atoms with Crippen molar-refractivity contribution in [3.63, 3.8) is 0 Å². The van der Waals surface area contributed by atoms with E-state index in [1.165, 1.54) is 28.6 Å². The Morgan fingerprint density at radius 3 is 3.00 bits per heavy atom. The quantitative estimate of drug-likeness (QED) is 0.836. The summed E-state index contributed by atoms with van der Waals surface area (Å²) in [5.41, 5.74) is 4.00. The highest BCUT2D eigenvalue weighted by molar-refractivity contribution is 5.88. The van der Waals surface area contributed by atoms with Crippen LogP contribution < -0.4 is 5.32 Å². The van der Waals surface area contributed by atoms with E-state index in [1.54, 1.807) is 7.05 Å². The Morgan fingerprint density at radius 2 is 2.18 bits per heavy atom. The molecular weight excluding hydrogens is 212 g/mol. The summed E-state index contributed by atoms with van der Waals surface area (Å²) in [6, 6.07) is 8.39. The number of aryl methyl sites for hydroxylation is 1. The lowest BCUT2D eigenvalue weighted by atomic mass is 10.1. The molecule has 0 saturated heterocycles. The molecule has 0 bridgehead atoms. The number of rotatable bonds is 2. The summed E-state index contributed by atoms with van der Waals surface area (Å²) in [7, 11) is 1.69. The first-order valence-electron chi connectivity index (χ1n) is 6.11. The van der Waals surface area contributed by atoms with Gasteiger partial charge in [-0.25, -0.2) is 0 Å². The number of benzene rings is 1. The molecule has 0 saturated carbocycles. The number of carbonyl (C=O) groups is 1. The summed E-state index contributed by atoms with van der Waals surface area (Å²) >= 11 is 0. The van der Waals surface area contributed by atoms with Crippen LogP contribution in [0, 0.1) is 0 Å². The van der Waals surface area contributed by atoms with Crippen molar-refractivity contribution in [2.45, 2.75) is 25.8 Å². The van der Waals surface area contributed by atoms with Gasteiger partial charge in [0.25, 0.3) is 0 Å². The summed E-state index contributed by atoms with van der Waals surface area (Å²) in [6.45, 7) is 0.437. The fourth-order valence-corrected chi connectivity index (χ4v) is 2.83. The normalized spacial score (nSPS) is 13.9. The van der Waals surface area contributed by atoms with Crippen molar-refractivity contribution in [2.24, 2.45) is 0 Å². The van der Waals surface area contributed by atoms with E-state index in [0.29, 0.717) is 6.54 Å². The van der Waals surface area contributed by atoms with E-state index in [1.807, 2.05) is 6.07 Å². The topological polar surface area (TPSA) is 34.0 Å². The third-order valence-corrected chi connectivity index (χ3v) is 3.62. The first-order valence-corrected chi connectivity index (χ1v) is 6.11. The maximum Gasteiger partial charge on any atom is 0.239 e. The monoisotopic (exact) mass is 228 g/mol. The number of nitrogens with one attached hydrogen (secondary N) is 1. The molecule has 17 heavy (non-hydrogen) atoms. The van der Waals surface area contributed by atoms with Gasteiger partial charge in [0.1, 0.15) is 6.54 Å². The standard InChI is InChI=1S/C14H16N2O/c1-15-14(17)9-16-12-7-3-2-5-10(12)11-6-4-8-13(11)16/h2-3,5,7H,4,6,8-9H2,1H3,(H,15,17). The Labute approximate surface area is 100 Å². The number of hydrogen-bond donors (Lipinski definition) is 1. The molecule has 0 radical (unpaired) electrons. The van der Waals surface area contributed by atoms with Crippen LogP contribution in [-0.2, 0) is 24.2 Å². The Balaban J connectivity index is 2.19. The van der Waals surface area contributed by atoms with Crippen LogP contribution >= 0.6 is 0 Å². The zero-order chi connectivity index (χ0) is 11.8. The lowest BCUT2D eigenvalue weighted by Gasteiger charge is -2.08. The minimum Gasteiger partial charge on any atom is -0.358 e. The highest BCUT2D eigenvalue weighted by Gasteiger charge is 2.21. The Hall–Kier alpha value is -1.77. The highest BCUT2D eigenvalue weighted by atomic mass is 16.1. The Morgan fingerprint density at radius 1 is 1.35 bits per heavy atom. The predicted molar refractivity (Wildman–Crippen MR) is 68.0 cm³/mol. The maximum absolute atomic E-state index is 11.6. The molecule has 0 spiro atoms. The number of nitrogens with zero attached hydrogens (tertiary/aromatic N) is 1. The number of amides is 1. The molecule has 0 fully saturated rings. The van der Waals surface area contributed by atoms with Gasteiger partial charge in [0.05, 0.1) is 0 Å². The van der Waals surface area contributed by atoms with E-state index in [4.69, 9.17) is 0 Å². The van der Waals surface area contributed by atoms with Crippen LogP contribution in [-0.4, -0.2) is 17.5 Å². The Kier molecular flexibility index (Phi) is 2.39. The molecule has 1 aliphatic carbocycles. The lowest BCUT2D eigenvalue weighted by Crippen LogP contribution is -2.24. The fourth-order valence-electron chi connectivity index (χ4n) is 2.83. The zero-order valence-electron chi connectivity index (χ0n) is 9.99. The van der Waals surface area contributed by atoms with E-state index in [2.05, 4.69) is 28.1 Å². The van der Waals surface area contributed by atoms with Gasteiger partial charge in [-0.1, -0.05) is 18.2 Å². The number of likely N-dealkylation sites (N-methyl/N-ethyl adjacent to an activating group) is 1. The van der Waals surface area contributed by atoms with Crippen molar-refractivity contribution in [1.29, 1.82) is 0 Å². The second kappa shape index (κ2) is 3.91. The van der Waals surface area contributed by atoms with Crippen molar-refractivity contribution in [1.82, 2.24) is 9.88 Å². The van der Waals surface area contributed by atoms with Crippen LogP contribution in [0.1, 0.15) is 17.7 Å². The fraction of sp³-hybridized carbons (Fsp3) is 0.357. The van der Waals surface area contributed by atoms with E-state index in [9.17, 15) is 4.79 Å². The van der Waals surface area contributed by atoms with Crippen LogP contribution in [0.25, 0.3) is 10.9 Å². The molecule has 3 rings (SSSR count). The van der Waals surface area contributed by atoms with Crippen molar-refractivity contribution >= 4 is 16.8 Å². The molecule has 0 atom stereocenters. The second-order valence-corrected chi connectivity index (χ2v) is 4.56. The van der Waals surface area contributed by atoms with Gasteiger partial charge in [0.2, 0.25) is 5.91 Å². The van der Waals surface area contributed by atoms with E-state index in [-0.39, 0.29) is 5.91 Å². The molecule has 1 heterocycles. The first-order chi connectivity index (χ1) is 8.31. The number of fused-ring (bicyclic) bond motifs is 3. The van der Waals surface area contributed by atoms with Crippen LogP contribution in [0.2, 0.25) is 0 Å². The second-order valence-electron chi connectivity index (χ2n) is 4.56. The van der Waals surface area contributed by atoms with E-state index in [0.717, 1.165) is 12.8 Å². The summed E-state index contributed by atoms with van der Waals surface area (Å²) in [5.74, 6) is 0.0699. The van der Waals surface area contributed by atoms with E-state index < -0.39 is 0 Å². The highest BCUT2D eigenvalue weighted by Crippen LogP contribution is 2.32. The minimum absolute atomic E-state index is 0.0699. The van der Waals surface area contributed by atoms with Crippen LogP contribution in [0.4, 0.5) is 0 Å². The van der Waals surface area contributed by atoms with Gasteiger partial charge in [0.15, 0.2) is 0 Å². The molecule has 1 aliphatic rings. The third-order valence-electron chi connectivity index (χ3n) is 3.62. The number of aromatic nitrogens is 1. The molecule has 1 amide bonds. The van der Waals surface area contributed by atoms with Gasteiger partial charge >= 0.3 is 0 Å². The van der Waals surface area contributed by atoms with Crippen molar-refractivity contribution in [3.8, 4) is 0 Å². The van der Waals surface area contributed by atoms with Crippen LogP contribution in [0.3, 0.4) is 0 Å². The molecule has 3 heteroatoms. The first kappa shape index (κ1) is 10.4. The maximum atomic E-state index is 11.6. The average molecular weight is 228 g/mol. The van der Waals surface area contributed by atoms with Crippen molar-refractivity contribution in [2.75, 3.05) is 7.05 Å². The summed E-state index contributed by atoms with van der Waals surface area (Å²) < 4.78 is 2.18. The number of hydrogen-bond acceptors (Lipinski definition) is 1. The molecule has 1 N–H and O–H groups in total. The smallest absolute Gasteiger partial charge is 0.239 e. The largest absolute Gasteiger partial charge is 0.358 e. The summed E-state index contributed by atoms with van der Waals surface area (Å²) in [6.07, 6.45) is 3.46. The SMILES string of the molecule is CNC(=O)Cn1c2c(c3ccccc31)CCC2. The van der Waals surface area contributed by atoms with Gasteiger partial charge in [-0.2, -0.15) is 0 Å². The van der Waals surface area contributed by atoms with Gasteiger partial charge in [-0.3, -0.25) is 4.79 Å². The van der Waals surface area contributed by atoms with Crippen LogP contribution in [0.15, 0.2) is 24.3 Å². The van der Waals surface area contributed by atoms with Gasteiger partial charge in [-0.05, 0) is 30.9 Å². The van der Waals surface area contributed by atoms with Crippen molar-refractivity contribution < 1.29 is 4.79 Å². The van der Waals surface area contributed by atoms with Crippen molar-refractivity contribution in [3.05, 3.63) is 35.5 Å². The van der Waals surface area contributed by atoms with Gasteiger partial charge < -0.3 is 9.88 Å². The molecular formula is C14H16N2O. The summed E-state index contributed by atoms with van der Waals surface area (Å²) in [5, 5.41) is 4.02.